The van der Waals surface area contributed by atoms with Gasteiger partial charge in [-0.2, -0.15) is 5.10 Å². The lowest BCUT2D eigenvalue weighted by molar-refractivity contribution is 0.458. The first kappa shape index (κ1) is 11.9. The van der Waals surface area contributed by atoms with E-state index in [9.17, 15) is 5.11 Å². The smallest absolute Gasteiger partial charge is 0.156 e. The molecule has 4 nitrogen and oxygen atoms in total. The quantitative estimate of drug-likeness (QED) is 0.712. The van der Waals surface area contributed by atoms with Crippen LogP contribution in [0.2, 0.25) is 0 Å². The third-order valence-electron chi connectivity index (χ3n) is 2.78. The highest BCUT2D eigenvalue weighted by molar-refractivity contribution is 7.98. The topological polar surface area (TPSA) is 58.1 Å². The van der Waals surface area contributed by atoms with Crippen molar-refractivity contribution in [1.29, 1.82) is 0 Å². The van der Waals surface area contributed by atoms with Crippen molar-refractivity contribution in [3.8, 4) is 17.2 Å². The van der Waals surface area contributed by atoms with Crippen molar-refractivity contribution >= 4 is 22.7 Å². The zero-order valence-corrected chi connectivity index (χ0v) is 11.1. The molecule has 0 bridgehead atoms. The summed E-state index contributed by atoms with van der Waals surface area (Å²) in [5.41, 5.74) is 0.770. The molecule has 5 heteroatoms. The van der Waals surface area contributed by atoms with E-state index in [1.54, 1.807) is 30.1 Å². The zero-order valence-electron chi connectivity index (χ0n) is 10.3. The summed E-state index contributed by atoms with van der Waals surface area (Å²) in [6, 6.07) is 11.0. The van der Waals surface area contributed by atoms with Crippen LogP contribution >= 0.6 is 11.8 Å². The molecule has 0 saturated carbocycles. The van der Waals surface area contributed by atoms with Gasteiger partial charge in [0.25, 0.3) is 0 Å². The van der Waals surface area contributed by atoms with E-state index < -0.39 is 0 Å². The maximum absolute atomic E-state index is 9.66. The van der Waals surface area contributed by atoms with Crippen molar-refractivity contribution in [2.24, 2.45) is 0 Å². The lowest BCUT2D eigenvalue weighted by Gasteiger charge is -2.07. The van der Waals surface area contributed by atoms with Gasteiger partial charge in [-0.15, -0.1) is 11.8 Å². The molecule has 2 aromatic carbocycles. The second-order valence-electron chi connectivity index (χ2n) is 4.06. The van der Waals surface area contributed by atoms with Crippen LogP contribution in [0.1, 0.15) is 0 Å². The molecule has 0 radical (unpaired) electrons. The molecule has 2 N–H and O–H groups in total. The van der Waals surface area contributed by atoms with Crippen LogP contribution in [0.3, 0.4) is 0 Å². The van der Waals surface area contributed by atoms with Crippen LogP contribution in [0.5, 0.6) is 17.2 Å². The second-order valence-corrected chi connectivity index (χ2v) is 4.94. The van der Waals surface area contributed by atoms with Crippen molar-refractivity contribution in [3.05, 3.63) is 42.6 Å². The van der Waals surface area contributed by atoms with Gasteiger partial charge in [0.15, 0.2) is 5.75 Å². The second kappa shape index (κ2) is 4.85. The highest BCUT2D eigenvalue weighted by Crippen LogP contribution is 2.32. The van der Waals surface area contributed by atoms with Gasteiger partial charge in [0.2, 0.25) is 0 Å². The van der Waals surface area contributed by atoms with E-state index in [2.05, 4.69) is 10.2 Å². The number of nitrogens with zero attached hydrogens (tertiary/aromatic N) is 1. The molecule has 0 aliphatic carbocycles. The normalized spacial score (nSPS) is 10.8. The van der Waals surface area contributed by atoms with E-state index in [0.29, 0.717) is 5.75 Å². The van der Waals surface area contributed by atoms with Crippen molar-refractivity contribution in [1.82, 2.24) is 10.2 Å². The number of ether oxygens (including phenoxy) is 1. The Morgan fingerprint density at radius 3 is 2.74 bits per heavy atom. The molecule has 96 valence electrons. The molecule has 3 aromatic rings. The molecule has 0 aliphatic heterocycles. The van der Waals surface area contributed by atoms with Gasteiger partial charge in [0, 0.05) is 16.3 Å². The molecular weight excluding hydrogens is 260 g/mol. The van der Waals surface area contributed by atoms with Gasteiger partial charge in [0.1, 0.15) is 17.0 Å². The van der Waals surface area contributed by atoms with Crippen LogP contribution in [0.15, 0.2) is 47.5 Å². The summed E-state index contributed by atoms with van der Waals surface area (Å²) in [4.78, 5) is 1.18. The minimum absolute atomic E-state index is 0.157. The Kier molecular flexibility index (Phi) is 3.05. The summed E-state index contributed by atoms with van der Waals surface area (Å²) in [7, 11) is 0. The predicted molar refractivity (Wildman–Crippen MR) is 76.1 cm³/mol. The first-order valence-corrected chi connectivity index (χ1v) is 6.97. The van der Waals surface area contributed by atoms with E-state index in [1.807, 2.05) is 30.5 Å². The summed E-state index contributed by atoms with van der Waals surface area (Å²) in [5, 5.41) is 17.3. The molecule has 19 heavy (non-hydrogen) atoms. The maximum atomic E-state index is 9.66. The Bertz CT molecular complexity index is 707. The van der Waals surface area contributed by atoms with Gasteiger partial charge in [-0.1, -0.05) is 0 Å². The van der Waals surface area contributed by atoms with Crippen molar-refractivity contribution in [2.45, 2.75) is 4.90 Å². The standard InChI is InChI=1S/C14H12N2O2S/c1-19-12-4-2-11(3-5-12)18-13-7-10(17)6-9-8-15-16-14(9)13/h2-8,17H,1H3,(H,15,16). The molecule has 0 spiro atoms. The van der Waals surface area contributed by atoms with Crippen LogP contribution in [-0.2, 0) is 0 Å². The van der Waals surface area contributed by atoms with Gasteiger partial charge >= 0.3 is 0 Å². The van der Waals surface area contributed by atoms with E-state index in [1.165, 1.54) is 4.90 Å². The molecule has 0 atom stereocenters. The average molecular weight is 272 g/mol. The predicted octanol–water partition coefficient (Wildman–Crippen LogP) is 3.78. The molecule has 1 heterocycles. The summed E-state index contributed by atoms with van der Waals surface area (Å²) in [6.07, 6.45) is 3.68. The fourth-order valence-electron chi connectivity index (χ4n) is 1.86. The SMILES string of the molecule is CSc1ccc(Oc2cc(O)cc3cn[nH]c23)cc1. The number of phenols is 1. The summed E-state index contributed by atoms with van der Waals surface area (Å²) in [5.74, 6) is 1.44. The summed E-state index contributed by atoms with van der Waals surface area (Å²) < 4.78 is 5.79. The van der Waals surface area contributed by atoms with Crippen molar-refractivity contribution in [2.75, 3.05) is 6.26 Å². The average Bonchev–Trinajstić information content (AvgIpc) is 2.88. The number of hydrogen-bond acceptors (Lipinski definition) is 4. The van der Waals surface area contributed by atoms with Crippen LogP contribution in [0.4, 0.5) is 0 Å². The van der Waals surface area contributed by atoms with Gasteiger partial charge < -0.3 is 9.84 Å². The maximum Gasteiger partial charge on any atom is 0.156 e. The fourth-order valence-corrected chi connectivity index (χ4v) is 2.27. The molecule has 3 rings (SSSR count). The fraction of sp³-hybridized carbons (Fsp3) is 0.0714. The highest BCUT2D eigenvalue weighted by atomic mass is 32.2. The molecule has 1 aromatic heterocycles. The lowest BCUT2D eigenvalue weighted by Crippen LogP contribution is -1.86. The number of phenolic OH excluding ortho intramolecular Hbond substituents is 1. The third kappa shape index (κ3) is 2.37. The van der Waals surface area contributed by atoms with E-state index in [-0.39, 0.29) is 5.75 Å². The Morgan fingerprint density at radius 2 is 2.00 bits per heavy atom. The first-order chi connectivity index (χ1) is 9.26. The van der Waals surface area contributed by atoms with Crippen LogP contribution < -0.4 is 4.74 Å². The van der Waals surface area contributed by atoms with Crippen molar-refractivity contribution < 1.29 is 9.84 Å². The number of nitrogens with one attached hydrogen (secondary N) is 1. The number of hydrogen-bond donors (Lipinski definition) is 2. The van der Waals surface area contributed by atoms with Gasteiger partial charge in [0.05, 0.1) is 6.20 Å². The minimum Gasteiger partial charge on any atom is -0.508 e. The third-order valence-corrected chi connectivity index (χ3v) is 3.53. The Hall–Kier alpha value is -2.14. The molecule has 0 amide bonds. The van der Waals surface area contributed by atoms with Crippen LogP contribution in [-0.4, -0.2) is 21.6 Å². The van der Waals surface area contributed by atoms with E-state index in [0.717, 1.165) is 16.7 Å². The Labute approximate surface area is 114 Å². The van der Waals surface area contributed by atoms with Gasteiger partial charge in [-0.25, -0.2) is 0 Å². The number of H-pyrrole nitrogens is 1. The lowest BCUT2D eigenvalue weighted by atomic mass is 10.2. The molecule has 0 unspecified atom stereocenters. The first-order valence-electron chi connectivity index (χ1n) is 5.74. The molecule has 0 fully saturated rings. The number of aromatic nitrogens is 2. The van der Waals surface area contributed by atoms with Crippen molar-refractivity contribution in [3.63, 3.8) is 0 Å². The number of fused-ring (bicyclic) bond motifs is 1. The van der Waals surface area contributed by atoms with Crippen LogP contribution in [0.25, 0.3) is 10.9 Å². The monoisotopic (exact) mass is 272 g/mol. The molecule has 0 saturated heterocycles. The number of benzene rings is 2. The Morgan fingerprint density at radius 1 is 1.21 bits per heavy atom. The number of aromatic amines is 1. The minimum atomic E-state index is 0.157. The number of aromatic hydroxyl groups is 1. The zero-order chi connectivity index (χ0) is 13.2. The molecule has 0 aliphatic rings. The van der Waals surface area contributed by atoms with Gasteiger partial charge in [-0.3, -0.25) is 5.10 Å². The Balaban J connectivity index is 1.97. The summed E-state index contributed by atoms with van der Waals surface area (Å²) >= 11 is 1.68. The largest absolute Gasteiger partial charge is 0.508 e. The molecular formula is C14H12N2O2S. The highest BCUT2D eigenvalue weighted by Gasteiger charge is 2.08. The van der Waals surface area contributed by atoms with E-state index in [4.69, 9.17) is 4.74 Å². The van der Waals surface area contributed by atoms with E-state index >= 15 is 0 Å². The number of rotatable bonds is 3. The summed E-state index contributed by atoms with van der Waals surface area (Å²) in [6.45, 7) is 0. The number of thioether (sulfide) groups is 1. The van der Waals surface area contributed by atoms with Gasteiger partial charge in [-0.05, 0) is 36.6 Å². The van der Waals surface area contributed by atoms with Crippen LogP contribution in [0, 0.1) is 0 Å².